The first-order chi connectivity index (χ1) is 8.27. The van der Waals surface area contributed by atoms with Crippen molar-refractivity contribution in [2.45, 2.75) is 6.42 Å². The van der Waals surface area contributed by atoms with Crippen molar-refractivity contribution >= 4 is 23.3 Å². The molecule has 1 amide bonds. The van der Waals surface area contributed by atoms with Gasteiger partial charge in [0.1, 0.15) is 11.6 Å². The molecule has 0 aliphatic carbocycles. The van der Waals surface area contributed by atoms with Crippen LogP contribution in [-0.2, 0) is 9.53 Å². The zero-order chi connectivity index (χ0) is 12.5. The number of carbonyl (C=O) groups is 1. The molecule has 5 heteroatoms. The van der Waals surface area contributed by atoms with Crippen LogP contribution in [0.3, 0.4) is 0 Å². The molecular formula is C12H14N2O2S. The normalized spacial score (nSPS) is 10.9. The Kier molecular flexibility index (Phi) is 6.00. The van der Waals surface area contributed by atoms with Crippen molar-refractivity contribution in [3.63, 3.8) is 0 Å². The van der Waals surface area contributed by atoms with Crippen LogP contribution in [0.25, 0.3) is 6.08 Å². The van der Waals surface area contributed by atoms with Gasteiger partial charge in [-0.1, -0.05) is 0 Å². The lowest BCUT2D eigenvalue weighted by atomic mass is 10.2. The summed E-state index contributed by atoms with van der Waals surface area (Å²) in [5.41, 5.74) is 0.999. The molecule has 0 fully saturated rings. The number of methoxy groups -OCH3 is 1. The van der Waals surface area contributed by atoms with Crippen LogP contribution in [0.2, 0.25) is 0 Å². The van der Waals surface area contributed by atoms with Crippen molar-refractivity contribution in [2.75, 3.05) is 20.3 Å². The van der Waals surface area contributed by atoms with E-state index in [1.165, 1.54) is 11.3 Å². The zero-order valence-electron chi connectivity index (χ0n) is 9.60. The lowest BCUT2D eigenvalue weighted by molar-refractivity contribution is -0.117. The van der Waals surface area contributed by atoms with E-state index in [1.54, 1.807) is 13.2 Å². The van der Waals surface area contributed by atoms with E-state index in [2.05, 4.69) is 5.32 Å². The van der Waals surface area contributed by atoms with Crippen molar-refractivity contribution in [1.29, 1.82) is 5.26 Å². The summed E-state index contributed by atoms with van der Waals surface area (Å²) in [6, 6.07) is 3.76. The lowest BCUT2D eigenvalue weighted by Gasteiger charge is -2.03. The summed E-state index contributed by atoms with van der Waals surface area (Å²) in [4.78, 5) is 11.6. The molecule has 0 unspecified atom stereocenters. The molecule has 0 saturated carbocycles. The van der Waals surface area contributed by atoms with Gasteiger partial charge in [0.2, 0.25) is 0 Å². The number of ether oxygens (including phenoxy) is 1. The second kappa shape index (κ2) is 7.60. The molecular weight excluding hydrogens is 236 g/mol. The summed E-state index contributed by atoms with van der Waals surface area (Å²) in [6.07, 6.45) is 2.32. The van der Waals surface area contributed by atoms with Crippen molar-refractivity contribution < 1.29 is 9.53 Å². The van der Waals surface area contributed by atoms with Crippen molar-refractivity contribution in [2.24, 2.45) is 0 Å². The largest absolute Gasteiger partial charge is 0.385 e. The molecule has 1 rings (SSSR count). The molecule has 1 aromatic rings. The van der Waals surface area contributed by atoms with Gasteiger partial charge >= 0.3 is 0 Å². The molecule has 1 N–H and O–H groups in total. The van der Waals surface area contributed by atoms with Gasteiger partial charge in [0.05, 0.1) is 0 Å². The Morgan fingerprint density at radius 1 is 1.71 bits per heavy atom. The van der Waals surface area contributed by atoms with E-state index in [-0.39, 0.29) is 11.5 Å². The minimum Gasteiger partial charge on any atom is -0.385 e. The van der Waals surface area contributed by atoms with Gasteiger partial charge in [0.15, 0.2) is 0 Å². The number of amides is 1. The smallest absolute Gasteiger partial charge is 0.261 e. The Morgan fingerprint density at radius 2 is 2.53 bits per heavy atom. The molecule has 0 radical (unpaired) electrons. The highest BCUT2D eigenvalue weighted by Crippen LogP contribution is 2.10. The Labute approximate surface area is 105 Å². The van der Waals surface area contributed by atoms with Gasteiger partial charge in [0, 0.05) is 20.3 Å². The van der Waals surface area contributed by atoms with Gasteiger partial charge in [-0.2, -0.15) is 16.6 Å². The number of hydrogen-bond acceptors (Lipinski definition) is 4. The van der Waals surface area contributed by atoms with Crippen LogP contribution in [0.5, 0.6) is 0 Å². The lowest BCUT2D eigenvalue weighted by Crippen LogP contribution is -2.26. The maximum atomic E-state index is 11.6. The highest BCUT2D eigenvalue weighted by molar-refractivity contribution is 7.08. The summed E-state index contributed by atoms with van der Waals surface area (Å²) in [5, 5.41) is 15.4. The molecule has 0 spiro atoms. The van der Waals surface area contributed by atoms with Gasteiger partial charge in [-0.25, -0.2) is 0 Å². The fraction of sp³-hybridized carbons (Fsp3) is 0.333. The number of thiophene rings is 1. The van der Waals surface area contributed by atoms with E-state index in [9.17, 15) is 4.79 Å². The molecule has 0 bridgehead atoms. The number of carbonyl (C=O) groups excluding carboxylic acids is 1. The first kappa shape index (κ1) is 13.4. The average molecular weight is 250 g/mol. The predicted molar refractivity (Wildman–Crippen MR) is 67.4 cm³/mol. The van der Waals surface area contributed by atoms with E-state index in [0.29, 0.717) is 13.2 Å². The van der Waals surface area contributed by atoms with Crippen LogP contribution in [0.4, 0.5) is 0 Å². The molecule has 90 valence electrons. The quantitative estimate of drug-likeness (QED) is 0.476. The third kappa shape index (κ3) is 4.81. The molecule has 1 heterocycles. The maximum Gasteiger partial charge on any atom is 0.261 e. The van der Waals surface area contributed by atoms with Crippen LogP contribution in [0, 0.1) is 11.3 Å². The van der Waals surface area contributed by atoms with Crippen molar-refractivity contribution in [3.8, 4) is 6.07 Å². The first-order valence-electron chi connectivity index (χ1n) is 5.19. The minimum absolute atomic E-state index is 0.126. The highest BCUT2D eigenvalue weighted by Gasteiger charge is 2.07. The summed E-state index contributed by atoms with van der Waals surface area (Å²) in [5.74, 6) is -0.338. The van der Waals surface area contributed by atoms with Crippen LogP contribution < -0.4 is 5.32 Å². The number of hydrogen-bond donors (Lipinski definition) is 1. The summed E-state index contributed by atoms with van der Waals surface area (Å²) in [6.45, 7) is 1.10. The van der Waals surface area contributed by atoms with Crippen molar-refractivity contribution in [1.82, 2.24) is 5.32 Å². The van der Waals surface area contributed by atoms with E-state index in [4.69, 9.17) is 10.00 Å². The minimum atomic E-state index is -0.338. The molecule has 0 atom stereocenters. The monoisotopic (exact) mass is 250 g/mol. The number of nitrogens with one attached hydrogen (secondary N) is 1. The molecule has 0 aromatic carbocycles. The summed E-state index contributed by atoms with van der Waals surface area (Å²) < 4.78 is 4.87. The molecule has 1 aromatic heterocycles. The highest BCUT2D eigenvalue weighted by atomic mass is 32.1. The maximum absolute atomic E-state index is 11.6. The SMILES string of the molecule is COCCCNC(=O)/C(C#N)=C/c1ccsc1. The fourth-order valence-corrected chi connectivity index (χ4v) is 1.80. The van der Waals surface area contributed by atoms with E-state index < -0.39 is 0 Å². The third-order valence-corrected chi connectivity index (χ3v) is 2.73. The van der Waals surface area contributed by atoms with Gasteiger partial charge < -0.3 is 10.1 Å². The second-order valence-corrected chi connectivity index (χ2v) is 4.11. The number of nitriles is 1. The molecule has 17 heavy (non-hydrogen) atoms. The van der Waals surface area contributed by atoms with E-state index >= 15 is 0 Å². The van der Waals surface area contributed by atoms with Crippen molar-refractivity contribution in [3.05, 3.63) is 28.0 Å². The fourth-order valence-electron chi connectivity index (χ4n) is 1.19. The van der Waals surface area contributed by atoms with Crippen LogP contribution in [-0.4, -0.2) is 26.2 Å². The summed E-state index contributed by atoms with van der Waals surface area (Å²) in [7, 11) is 1.61. The van der Waals surface area contributed by atoms with E-state index in [1.807, 2.05) is 22.9 Å². The van der Waals surface area contributed by atoms with Gasteiger partial charge in [-0.15, -0.1) is 0 Å². The Morgan fingerprint density at radius 3 is 3.12 bits per heavy atom. The van der Waals surface area contributed by atoms with Crippen LogP contribution >= 0.6 is 11.3 Å². The number of rotatable bonds is 6. The van der Waals surface area contributed by atoms with E-state index in [0.717, 1.165) is 12.0 Å². The summed E-state index contributed by atoms with van der Waals surface area (Å²) >= 11 is 1.53. The standard InChI is InChI=1S/C12H14N2O2S/c1-16-5-2-4-14-12(15)11(8-13)7-10-3-6-17-9-10/h3,6-7,9H,2,4-5H2,1H3,(H,14,15)/b11-7+. The third-order valence-electron chi connectivity index (χ3n) is 2.03. The predicted octanol–water partition coefficient (Wildman–Crippen LogP) is 1.81. The topological polar surface area (TPSA) is 62.1 Å². The van der Waals surface area contributed by atoms with Gasteiger partial charge in [-0.05, 0) is 34.9 Å². The molecule has 0 aliphatic heterocycles. The Balaban J connectivity index is 2.51. The molecule has 0 saturated heterocycles. The second-order valence-electron chi connectivity index (χ2n) is 3.33. The molecule has 4 nitrogen and oxygen atoms in total. The Hall–Kier alpha value is -1.64. The molecule has 0 aliphatic rings. The zero-order valence-corrected chi connectivity index (χ0v) is 10.4. The van der Waals surface area contributed by atoms with Gasteiger partial charge in [-0.3, -0.25) is 4.79 Å². The Bertz CT molecular complexity index is 418. The van der Waals surface area contributed by atoms with Crippen LogP contribution in [0.15, 0.2) is 22.4 Å². The van der Waals surface area contributed by atoms with Gasteiger partial charge in [0.25, 0.3) is 5.91 Å². The van der Waals surface area contributed by atoms with Crippen LogP contribution in [0.1, 0.15) is 12.0 Å². The average Bonchev–Trinajstić information content (AvgIpc) is 2.84. The number of nitrogens with zero attached hydrogens (tertiary/aromatic N) is 1. The first-order valence-corrected chi connectivity index (χ1v) is 6.13.